The van der Waals surface area contributed by atoms with E-state index in [4.69, 9.17) is 0 Å². The predicted octanol–water partition coefficient (Wildman–Crippen LogP) is 2.55. The maximum absolute atomic E-state index is 13.6. The van der Waals surface area contributed by atoms with E-state index in [0.717, 1.165) is 17.7 Å². The highest BCUT2D eigenvalue weighted by Crippen LogP contribution is 2.34. The van der Waals surface area contributed by atoms with Gasteiger partial charge in [-0.3, -0.25) is 14.7 Å². The lowest BCUT2D eigenvalue weighted by atomic mass is 9.84. The van der Waals surface area contributed by atoms with E-state index in [1.807, 2.05) is 13.8 Å². The molecule has 0 atom stereocenters. The van der Waals surface area contributed by atoms with E-state index in [-0.39, 0.29) is 23.6 Å². The summed E-state index contributed by atoms with van der Waals surface area (Å²) in [5, 5.41) is 6.89. The maximum atomic E-state index is 13.6. The number of carbonyl (C=O) groups is 2. The largest absolute Gasteiger partial charge is 0.345 e. The molecule has 142 valence electrons. The Morgan fingerprint density at radius 3 is 2.56 bits per heavy atom. The minimum atomic E-state index is -1.10. The van der Waals surface area contributed by atoms with Gasteiger partial charge >= 0.3 is 0 Å². The SMILES string of the molecule is CN(C)C(=O)C1=CN(C(=O)c2ccc(F)c(F)c2)CC(C)(C)c2cn[nH]c21. The minimum Gasteiger partial charge on any atom is -0.345 e. The van der Waals surface area contributed by atoms with E-state index in [1.54, 1.807) is 20.3 Å². The predicted molar refractivity (Wildman–Crippen MR) is 95.7 cm³/mol. The molecular formula is C19H20F2N4O2. The van der Waals surface area contributed by atoms with Gasteiger partial charge in [-0.05, 0) is 18.2 Å². The molecule has 0 unspecified atom stereocenters. The van der Waals surface area contributed by atoms with Crippen LogP contribution in [-0.2, 0) is 10.2 Å². The number of hydrogen-bond donors (Lipinski definition) is 1. The summed E-state index contributed by atoms with van der Waals surface area (Å²) in [4.78, 5) is 28.4. The Labute approximate surface area is 155 Å². The van der Waals surface area contributed by atoms with Gasteiger partial charge in [0, 0.05) is 43.4 Å². The van der Waals surface area contributed by atoms with Crippen LogP contribution in [0.2, 0.25) is 0 Å². The molecule has 0 aliphatic carbocycles. The molecule has 2 heterocycles. The lowest BCUT2D eigenvalue weighted by molar-refractivity contribution is -0.122. The van der Waals surface area contributed by atoms with Gasteiger partial charge in [0.05, 0.1) is 17.5 Å². The number of nitrogens with zero attached hydrogens (tertiary/aromatic N) is 3. The Morgan fingerprint density at radius 1 is 1.22 bits per heavy atom. The number of nitrogens with one attached hydrogen (secondary N) is 1. The number of aromatic amines is 1. The zero-order chi connectivity index (χ0) is 19.9. The number of carbonyl (C=O) groups excluding carboxylic acids is 2. The molecule has 2 aromatic rings. The standard InChI is InChI=1S/C19H20F2N4O2/c1-19(2)10-25(17(26)11-5-6-14(20)15(21)7-11)9-12(18(27)24(3)4)16-13(19)8-22-23-16/h5-9H,10H2,1-4H3,(H,22,23). The third-order valence-corrected chi connectivity index (χ3v) is 4.55. The first-order valence-electron chi connectivity index (χ1n) is 8.35. The number of likely N-dealkylation sites (N-methyl/N-ethyl adjacent to an activating group) is 1. The van der Waals surface area contributed by atoms with Crippen molar-refractivity contribution in [2.45, 2.75) is 19.3 Å². The fraction of sp³-hybridized carbons (Fsp3) is 0.316. The van der Waals surface area contributed by atoms with Crippen LogP contribution in [0.5, 0.6) is 0 Å². The van der Waals surface area contributed by atoms with Gasteiger partial charge in [-0.25, -0.2) is 8.78 Å². The topological polar surface area (TPSA) is 69.3 Å². The van der Waals surface area contributed by atoms with Gasteiger partial charge in [0.25, 0.3) is 11.8 Å². The van der Waals surface area contributed by atoms with Gasteiger partial charge in [0.15, 0.2) is 11.6 Å². The van der Waals surface area contributed by atoms with Gasteiger partial charge in [-0.2, -0.15) is 5.10 Å². The van der Waals surface area contributed by atoms with Crippen molar-refractivity contribution >= 4 is 17.4 Å². The third kappa shape index (κ3) is 3.34. The molecule has 6 nitrogen and oxygen atoms in total. The van der Waals surface area contributed by atoms with Crippen LogP contribution in [-0.4, -0.2) is 52.5 Å². The lowest BCUT2D eigenvalue weighted by Crippen LogP contribution is -2.37. The molecule has 1 N–H and O–H groups in total. The molecule has 2 amide bonds. The summed E-state index contributed by atoms with van der Waals surface area (Å²) in [5.74, 6) is -2.95. The summed E-state index contributed by atoms with van der Waals surface area (Å²) < 4.78 is 26.8. The Bertz CT molecular complexity index is 947. The Hall–Kier alpha value is -3.03. The van der Waals surface area contributed by atoms with Crippen LogP contribution >= 0.6 is 0 Å². The quantitative estimate of drug-likeness (QED) is 0.878. The van der Waals surface area contributed by atoms with E-state index < -0.39 is 23.0 Å². The summed E-state index contributed by atoms with van der Waals surface area (Å²) in [6.45, 7) is 4.08. The highest BCUT2D eigenvalue weighted by Gasteiger charge is 2.36. The molecule has 8 heteroatoms. The molecule has 1 aromatic heterocycles. The van der Waals surface area contributed by atoms with Crippen molar-refractivity contribution < 1.29 is 18.4 Å². The number of benzene rings is 1. The Kier molecular flexibility index (Phi) is 4.59. The van der Waals surface area contributed by atoms with Crippen LogP contribution in [0.3, 0.4) is 0 Å². The molecule has 0 bridgehead atoms. The van der Waals surface area contributed by atoms with Crippen LogP contribution < -0.4 is 0 Å². The Balaban J connectivity index is 2.11. The van der Waals surface area contributed by atoms with Gasteiger partial charge < -0.3 is 9.80 Å². The number of amides is 2. The van der Waals surface area contributed by atoms with Gasteiger partial charge in [0.1, 0.15) is 0 Å². The van der Waals surface area contributed by atoms with Crippen molar-refractivity contribution in [2.75, 3.05) is 20.6 Å². The second-order valence-corrected chi connectivity index (χ2v) is 7.35. The first kappa shape index (κ1) is 18.8. The molecular weight excluding hydrogens is 354 g/mol. The second-order valence-electron chi connectivity index (χ2n) is 7.35. The van der Waals surface area contributed by atoms with Crippen molar-refractivity contribution in [3.05, 3.63) is 59.1 Å². The monoisotopic (exact) mass is 374 g/mol. The van der Waals surface area contributed by atoms with Crippen molar-refractivity contribution in [3.8, 4) is 0 Å². The molecule has 1 aliphatic rings. The second kappa shape index (κ2) is 6.61. The fourth-order valence-corrected chi connectivity index (χ4v) is 3.11. The normalized spacial score (nSPS) is 15.6. The minimum absolute atomic E-state index is 0.00119. The van der Waals surface area contributed by atoms with Crippen molar-refractivity contribution in [3.63, 3.8) is 0 Å². The molecule has 1 aliphatic heterocycles. The molecule has 0 saturated carbocycles. The van der Waals surface area contributed by atoms with E-state index in [0.29, 0.717) is 5.69 Å². The highest BCUT2D eigenvalue weighted by molar-refractivity contribution is 6.19. The van der Waals surface area contributed by atoms with Gasteiger partial charge in [-0.15, -0.1) is 0 Å². The van der Waals surface area contributed by atoms with Crippen LogP contribution in [0.1, 0.15) is 35.5 Å². The molecule has 27 heavy (non-hydrogen) atoms. The molecule has 0 saturated heterocycles. The zero-order valence-corrected chi connectivity index (χ0v) is 15.5. The van der Waals surface area contributed by atoms with Crippen LogP contribution in [0.15, 0.2) is 30.6 Å². The van der Waals surface area contributed by atoms with Crippen molar-refractivity contribution in [1.82, 2.24) is 20.0 Å². The molecule has 0 spiro atoms. The van der Waals surface area contributed by atoms with E-state index in [1.165, 1.54) is 22.1 Å². The summed E-state index contributed by atoms with van der Waals surface area (Å²) in [7, 11) is 3.22. The van der Waals surface area contributed by atoms with E-state index >= 15 is 0 Å². The van der Waals surface area contributed by atoms with E-state index in [9.17, 15) is 18.4 Å². The molecule has 1 aromatic carbocycles. The summed E-state index contributed by atoms with van der Waals surface area (Å²) in [5.41, 5.74) is 1.08. The number of H-pyrrole nitrogens is 1. The summed E-state index contributed by atoms with van der Waals surface area (Å²) in [6.07, 6.45) is 3.08. The maximum Gasteiger partial charge on any atom is 0.257 e. The number of fused-ring (bicyclic) bond motifs is 1. The Morgan fingerprint density at radius 2 is 1.93 bits per heavy atom. The first-order valence-corrected chi connectivity index (χ1v) is 8.35. The zero-order valence-electron chi connectivity index (χ0n) is 15.5. The number of halogens is 2. The first-order chi connectivity index (χ1) is 12.6. The summed E-state index contributed by atoms with van der Waals surface area (Å²) >= 11 is 0. The smallest absolute Gasteiger partial charge is 0.257 e. The molecule has 0 fully saturated rings. The number of aromatic nitrogens is 2. The van der Waals surface area contributed by atoms with E-state index in [2.05, 4.69) is 10.2 Å². The van der Waals surface area contributed by atoms with Crippen LogP contribution in [0, 0.1) is 11.6 Å². The highest BCUT2D eigenvalue weighted by atomic mass is 19.2. The number of hydrogen-bond acceptors (Lipinski definition) is 3. The third-order valence-electron chi connectivity index (χ3n) is 4.55. The number of rotatable bonds is 2. The molecule has 3 rings (SSSR count). The average Bonchev–Trinajstić information content (AvgIpc) is 3.06. The van der Waals surface area contributed by atoms with Gasteiger partial charge in [0.2, 0.25) is 0 Å². The van der Waals surface area contributed by atoms with Gasteiger partial charge in [-0.1, -0.05) is 13.8 Å². The van der Waals surface area contributed by atoms with Crippen LogP contribution in [0.25, 0.3) is 5.57 Å². The average molecular weight is 374 g/mol. The fourth-order valence-electron chi connectivity index (χ4n) is 3.11. The lowest BCUT2D eigenvalue weighted by Gasteiger charge is -2.28. The summed E-state index contributed by atoms with van der Waals surface area (Å²) in [6, 6.07) is 2.99. The van der Waals surface area contributed by atoms with Crippen molar-refractivity contribution in [2.24, 2.45) is 0 Å². The molecule has 0 radical (unpaired) electrons. The van der Waals surface area contributed by atoms with Crippen LogP contribution in [0.4, 0.5) is 8.78 Å². The van der Waals surface area contributed by atoms with Crippen molar-refractivity contribution in [1.29, 1.82) is 0 Å².